The van der Waals surface area contributed by atoms with Crippen LogP contribution < -0.4 is 11.1 Å². The minimum atomic E-state index is -3.45. The third kappa shape index (κ3) is 1.92. The van der Waals surface area contributed by atoms with Gasteiger partial charge in [-0.1, -0.05) is 0 Å². The number of nitrogens with one attached hydrogen (secondary N) is 1. The zero-order valence-corrected chi connectivity index (χ0v) is 9.00. The fourth-order valence-electron chi connectivity index (χ4n) is 0.836. The van der Waals surface area contributed by atoms with Crippen molar-refractivity contribution in [1.82, 2.24) is 9.97 Å². The van der Waals surface area contributed by atoms with E-state index in [0.717, 1.165) is 0 Å². The number of aromatic nitrogens is 2. The predicted molar refractivity (Wildman–Crippen MR) is 50.9 cm³/mol. The standard InChI is InChI=1S/C7H11N2O4P/c1-5-4-8-7(9-6(5)10)14(11,12-2)13-3/h4H,1-3H3,(H,8,9,10). The molecule has 1 N–H and O–H groups in total. The lowest BCUT2D eigenvalue weighted by atomic mass is 10.4. The van der Waals surface area contributed by atoms with Crippen molar-refractivity contribution in [3.8, 4) is 0 Å². The molecule has 14 heavy (non-hydrogen) atoms. The molecule has 0 saturated heterocycles. The van der Waals surface area contributed by atoms with Crippen LogP contribution >= 0.6 is 7.60 Å². The molecule has 6 nitrogen and oxygen atoms in total. The summed E-state index contributed by atoms with van der Waals surface area (Å²) in [5.74, 6) is 0. The highest BCUT2D eigenvalue weighted by atomic mass is 31.2. The summed E-state index contributed by atoms with van der Waals surface area (Å²) in [6, 6.07) is 0. The fourth-order valence-corrected chi connectivity index (χ4v) is 1.77. The Morgan fingerprint density at radius 1 is 1.43 bits per heavy atom. The van der Waals surface area contributed by atoms with Crippen molar-refractivity contribution < 1.29 is 13.6 Å². The summed E-state index contributed by atoms with van der Waals surface area (Å²) in [7, 11) is -0.994. The third-order valence-corrected chi connectivity index (χ3v) is 3.41. The maximum atomic E-state index is 11.7. The van der Waals surface area contributed by atoms with E-state index >= 15 is 0 Å². The normalized spacial score (nSPS) is 11.6. The summed E-state index contributed by atoms with van der Waals surface area (Å²) in [4.78, 5) is 17.3. The highest BCUT2D eigenvalue weighted by molar-refractivity contribution is 7.61. The summed E-state index contributed by atoms with van der Waals surface area (Å²) in [5.41, 5.74) is -0.00469. The molecule has 0 fully saturated rings. The van der Waals surface area contributed by atoms with E-state index in [9.17, 15) is 9.36 Å². The van der Waals surface area contributed by atoms with Gasteiger partial charge in [0, 0.05) is 26.0 Å². The molecule has 7 heteroatoms. The summed E-state index contributed by atoms with van der Waals surface area (Å²) in [5, 5.41) is 0. The van der Waals surface area contributed by atoms with Crippen molar-refractivity contribution in [3.05, 3.63) is 22.1 Å². The first-order valence-electron chi connectivity index (χ1n) is 3.81. The van der Waals surface area contributed by atoms with E-state index in [1.165, 1.54) is 20.4 Å². The lowest BCUT2D eigenvalue weighted by Gasteiger charge is -2.11. The first-order valence-corrected chi connectivity index (χ1v) is 5.36. The number of rotatable bonds is 3. The Bertz CT molecular complexity index is 420. The van der Waals surface area contributed by atoms with Gasteiger partial charge in [0.25, 0.3) is 5.56 Å². The first-order chi connectivity index (χ1) is 6.53. The van der Waals surface area contributed by atoms with E-state index < -0.39 is 7.60 Å². The number of hydrogen-bond donors (Lipinski definition) is 1. The van der Waals surface area contributed by atoms with Gasteiger partial charge in [-0.15, -0.1) is 0 Å². The molecule has 0 atom stereocenters. The molecule has 1 rings (SSSR count). The van der Waals surface area contributed by atoms with Crippen LogP contribution in [0.15, 0.2) is 11.0 Å². The lowest BCUT2D eigenvalue weighted by molar-refractivity contribution is 0.285. The van der Waals surface area contributed by atoms with Gasteiger partial charge in [0.15, 0.2) is 0 Å². The van der Waals surface area contributed by atoms with Crippen LogP contribution in [0.2, 0.25) is 0 Å². The van der Waals surface area contributed by atoms with Crippen molar-refractivity contribution in [2.24, 2.45) is 0 Å². The van der Waals surface area contributed by atoms with E-state index in [-0.39, 0.29) is 11.1 Å². The number of hydrogen-bond acceptors (Lipinski definition) is 5. The largest absolute Gasteiger partial charge is 0.395 e. The maximum absolute atomic E-state index is 11.7. The molecule has 0 amide bonds. The van der Waals surface area contributed by atoms with Gasteiger partial charge in [0.1, 0.15) is 0 Å². The Morgan fingerprint density at radius 3 is 2.43 bits per heavy atom. The van der Waals surface area contributed by atoms with Gasteiger partial charge in [-0.25, -0.2) is 4.98 Å². The Kier molecular flexibility index (Phi) is 3.21. The SMILES string of the molecule is COP(=O)(OC)c1ncc(C)c(=O)[nH]1. The Hall–Kier alpha value is -0.970. The molecule has 0 saturated carbocycles. The predicted octanol–water partition coefficient (Wildman–Crippen LogP) is 0.190. The molecule has 0 unspecified atom stereocenters. The summed E-state index contributed by atoms with van der Waals surface area (Å²) >= 11 is 0. The number of nitrogens with zero attached hydrogens (tertiary/aromatic N) is 1. The molecule has 0 aromatic carbocycles. The minimum Gasteiger partial charge on any atom is -0.306 e. The van der Waals surface area contributed by atoms with Crippen LogP contribution in [0.4, 0.5) is 0 Å². The summed E-state index contributed by atoms with van der Waals surface area (Å²) in [6.45, 7) is 1.60. The summed E-state index contributed by atoms with van der Waals surface area (Å²) < 4.78 is 21.1. The van der Waals surface area contributed by atoms with Crippen LogP contribution in [-0.2, 0) is 13.6 Å². The lowest BCUT2D eigenvalue weighted by Crippen LogP contribution is -2.25. The first kappa shape index (κ1) is 11.1. The molecule has 1 heterocycles. The second-order valence-corrected chi connectivity index (χ2v) is 4.73. The average molecular weight is 218 g/mol. The number of H-pyrrole nitrogens is 1. The van der Waals surface area contributed by atoms with Gasteiger partial charge >= 0.3 is 7.60 Å². The Morgan fingerprint density at radius 2 is 2.00 bits per heavy atom. The van der Waals surface area contributed by atoms with Crippen LogP contribution in [-0.4, -0.2) is 24.2 Å². The number of aromatic amines is 1. The molecule has 0 aliphatic carbocycles. The van der Waals surface area contributed by atoms with Gasteiger partial charge in [-0.05, 0) is 6.92 Å². The molecule has 0 aliphatic rings. The second-order valence-electron chi connectivity index (χ2n) is 2.58. The van der Waals surface area contributed by atoms with Crippen LogP contribution in [0.3, 0.4) is 0 Å². The van der Waals surface area contributed by atoms with Crippen LogP contribution in [0.25, 0.3) is 0 Å². The van der Waals surface area contributed by atoms with E-state index in [1.807, 2.05) is 0 Å². The quantitative estimate of drug-likeness (QED) is 0.732. The van der Waals surface area contributed by atoms with Crippen LogP contribution in [0, 0.1) is 6.92 Å². The van der Waals surface area contributed by atoms with E-state index in [2.05, 4.69) is 19.0 Å². The van der Waals surface area contributed by atoms with Crippen molar-refractivity contribution in [2.45, 2.75) is 6.92 Å². The van der Waals surface area contributed by atoms with Crippen molar-refractivity contribution in [2.75, 3.05) is 14.2 Å². The van der Waals surface area contributed by atoms with Gasteiger partial charge in [0.2, 0.25) is 5.57 Å². The van der Waals surface area contributed by atoms with Crippen molar-refractivity contribution in [1.29, 1.82) is 0 Å². The molecule has 0 radical (unpaired) electrons. The average Bonchev–Trinajstić information content (AvgIpc) is 2.21. The minimum absolute atomic E-state index is 0.0851. The zero-order valence-electron chi connectivity index (χ0n) is 8.10. The topological polar surface area (TPSA) is 81.3 Å². The highest BCUT2D eigenvalue weighted by Gasteiger charge is 2.27. The van der Waals surface area contributed by atoms with Crippen molar-refractivity contribution >= 4 is 13.2 Å². The smallest absolute Gasteiger partial charge is 0.306 e. The molecule has 1 aromatic heterocycles. The van der Waals surface area contributed by atoms with Gasteiger partial charge in [-0.3, -0.25) is 14.3 Å². The fraction of sp³-hybridized carbons (Fsp3) is 0.429. The van der Waals surface area contributed by atoms with E-state index in [1.54, 1.807) is 6.92 Å². The summed E-state index contributed by atoms with van der Waals surface area (Å²) in [6.07, 6.45) is 1.32. The van der Waals surface area contributed by atoms with Crippen LogP contribution in [0.1, 0.15) is 5.56 Å². The van der Waals surface area contributed by atoms with Gasteiger partial charge < -0.3 is 9.05 Å². The zero-order chi connectivity index (χ0) is 10.8. The van der Waals surface area contributed by atoms with Crippen molar-refractivity contribution in [3.63, 3.8) is 0 Å². The second kappa shape index (κ2) is 4.04. The van der Waals surface area contributed by atoms with E-state index in [4.69, 9.17) is 0 Å². The van der Waals surface area contributed by atoms with Crippen LogP contribution in [0.5, 0.6) is 0 Å². The van der Waals surface area contributed by atoms with Gasteiger partial charge in [-0.2, -0.15) is 0 Å². The molecule has 0 spiro atoms. The monoisotopic (exact) mass is 218 g/mol. The molecule has 78 valence electrons. The Labute approximate surface area is 80.8 Å². The Balaban J connectivity index is 3.27. The molecule has 1 aromatic rings. The maximum Gasteiger partial charge on any atom is 0.395 e. The molecule has 0 bridgehead atoms. The highest BCUT2D eigenvalue weighted by Crippen LogP contribution is 2.43. The molecule has 0 aliphatic heterocycles. The van der Waals surface area contributed by atoms with E-state index in [0.29, 0.717) is 5.56 Å². The molecular weight excluding hydrogens is 207 g/mol. The number of aryl methyl sites for hydroxylation is 1. The third-order valence-electron chi connectivity index (χ3n) is 1.70. The van der Waals surface area contributed by atoms with Gasteiger partial charge in [0.05, 0.1) is 0 Å². The molecular formula is C7H11N2O4P.